The molecule has 1 fully saturated rings. The first-order chi connectivity index (χ1) is 13.1. The van der Waals surface area contributed by atoms with Gasteiger partial charge >= 0.3 is 6.09 Å². The molecule has 3 rings (SSSR count). The maximum atomic E-state index is 12.9. The minimum Gasteiger partial charge on any atom is -0.450 e. The Balaban J connectivity index is 1.59. The molecular weight excluding hydrogens is 342 g/mol. The van der Waals surface area contributed by atoms with Gasteiger partial charge in [0.2, 0.25) is 5.78 Å². The van der Waals surface area contributed by atoms with Crippen molar-refractivity contribution < 1.29 is 14.3 Å². The second-order valence-corrected chi connectivity index (χ2v) is 6.95. The molecular formula is C21H27N3O3. The number of ketones is 1. The van der Waals surface area contributed by atoms with Crippen LogP contribution in [0.15, 0.2) is 36.7 Å². The first-order valence-corrected chi connectivity index (χ1v) is 9.61. The number of rotatable bonds is 6. The van der Waals surface area contributed by atoms with E-state index >= 15 is 0 Å². The highest BCUT2D eigenvalue weighted by molar-refractivity contribution is 5.94. The van der Waals surface area contributed by atoms with Crippen molar-refractivity contribution in [2.24, 2.45) is 5.92 Å². The van der Waals surface area contributed by atoms with E-state index in [1.165, 1.54) is 11.1 Å². The number of hydrogen-bond acceptors (Lipinski definition) is 4. The number of piperidine rings is 1. The summed E-state index contributed by atoms with van der Waals surface area (Å²) in [6.07, 6.45) is 5.45. The van der Waals surface area contributed by atoms with Gasteiger partial charge in [-0.25, -0.2) is 9.78 Å². The van der Waals surface area contributed by atoms with Crippen LogP contribution < -0.4 is 0 Å². The van der Waals surface area contributed by atoms with E-state index in [-0.39, 0.29) is 17.8 Å². The lowest BCUT2D eigenvalue weighted by molar-refractivity contribution is 0.0743. The van der Waals surface area contributed by atoms with E-state index in [1.807, 2.05) is 22.9 Å². The van der Waals surface area contributed by atoms with Crippen LogP contribution >= 0.6 is 0 Å². The van der Waals surface area contributed by atoms with Crippen LogP contribution in [-0.2, 0) is 17.7 Å². The summed E-state index contributed by atoms with van der Waals surface area (Å²) in [6.45, 7) is 6.11. The molecule has 0 spiro atoms. The van der Waals surface area contributed by atoms with E-state index in [0.717, 1.165) is 13.0 Å². The first-order valence-electron chi connectivity index (χ1n) is 9.61. The molecule has 1 amide bonds. The molecule has 6 nitrogen and oxygen atoms in total. The number of amides is 1. The zero-order chi connectivity index (χ0) is 19.2. The van der Waals surface area contributed by atoms with Gasteiger partial charge in [0.15, 0.2) is 5.82 Å². The van der Waals surface area contributed by atoms with Crippen LogP contribution in [0.5, 0.6) is 0 Å². The number of likely N-dealkylation sites (tertiary alicyclic amines) is 1. The Kier molecular flexibility index (Phi) is 6.27. The molecule has 0 saturated carbocycles. The van der Waals surface area contributed by atoms with Gasteiger partial charge in [-0.15, -0.1) is 0 Å². The smallest absolute Gasteiger partial charge is 0.409 e. The van der Waals surface area contributed by atoms with E-state index in [0.29, 0.717) is 38.4 Å². The Morgan fingerprint density at radius 2 is 1.96 bits per heavy atom. The van der Waals surface area contributed by atoms with Crippen molar-refractivity contribution in [3.63, 3.8) is 0 Å². The minimum atomic E-state index is -0.289. The fourth-order valence-electron chi connectivity index (χ4n) is 3.57. The number of ether oxygens (including phenoxy) is 1. The van der Waals surface area contributed by atoms with E-state index in [9.17, 15) is 9.59 Å². The number of aromatic nitrogens is 2. The molecule has 1 aromatic carbocycles. The molecule has 0 atom stereocenters. The van der Waals surface area contributed by atoms with Gasteiger partial charge in [0.25, 0.3) is 0 Å². The Labute approximate surface area is 160 Å². The number of Topliss-reactive ketones (excluding diaryl/α,β-unsaturated/α-hetero) is 1. The van der Waals surface area contributed by atoms with Crippen molar-refractivity contribution in [2.75, 3.05) is 19.7 Å². The van der Waals surface area contributed by atoms with Gasteiger partial charge in [-0.1, -0.05) is 24.3 Å². The predicted octanol–water partition coefficient (Wildman–Crippen LogP) is 3.49. The monoisotopic (exact) mass is 369 g/mol. The second kappa shape index (κ2) is 8.84. The molecule has 1 aliphatic rings. The fraction of sp³-hybridized carbons (Fsp3) is 0.476. The maximum Gasteiger partial charge on any atom is 0.409 e. The van der Waals surface area contributed by atoms with Crippen molar-refractivity contribution in [1.82, 2.24) is 14.5 Å². The van der Waals surface area contributed by atoms with Gasteiger partial charge in [-0.3, -0.25) is 4.79 Å². The van der Waals surface area contributed by atoms with Gasteiger partial charge in [-0.05, 0) is 44.2 Å². The molecule has 0 aliphatic carbocycles. The van der Waals surface area contributed by atoms with Crippen molar-refractivity contribution in [1.29, 1.82) is 0 Å². The second-order valence-electron chi connectivity index (χ2n) is 6.95. The molecule has 0 N–H and O–H groups in total. The SMILES string of the molecule is CCOC(=O)N1CCC(C(=O)c2nccn2CCc2ccccc2C)CC1. The first kappa shape index (κ1) is 19.1. The Morgan fingerprint density at radius 3 is 2.67 bits per heavy atom. The number of imidazole rings is 1. The highest BCUT2D eigenvalue weighted by atomic mass is 16.6. The van der Waals surface area contributed by atoms with Gasteiger partial charge in [0.1, 0.15) is 0 Å². The van der Waals surface area contributed by atoms with Gasteiger partial charge < -0.3 is 14.2 Å². The van der Waals surface area contributed by atoms with Crippen LogP contribution in [0, 0.1) is 12.8 Å². The highest BCUT2D eigenvalue weighted by Crippen LogP contribution is 2.22. The normalized spacial score (nSPS) is 15.0. The fourth-order valence-corrected chi connectivity index (χ4v) is 3.57. The molecule has 144 valence electrons. The average molecular weight is 369 g/mol. The molecule has 1 saturated heterocycles. The summed E-state index contributed by atoms with van der Waals surface area (Å²) < 4.78 is 6.99. The lowest BCUT2D eigenvalue weighted by atomic mass is 9.92. The predicted molar refractivity (Wildman–Crippen MR) is 103 cm³/mol. The van der Waals surface area contributed by atoms with Crippen LogP contribution in [0.1, 0.15) is 41.5 Å². The van der Waals surface area contributed by atoms with E-state index in [4.69, 9.17) is 4.74 Å². The maximum absolute atomic E-state index is 12.9. The zero-order valence-electron chi connectivity index (χ0n) is 16.1. The topological polar surface area (TPSA) is 64.4 Å². The van der Waals surface area contributed by atoms with Crippen molar-refractivity contribution in [3.8, 4) is 0 Å². The number of nitrogens with zero attached hydrogens (tertiary/aromatic N) is 3. The molecule has 2 aromatic rings. The van der Waals surface area contributed by atoms with Gasteiger partial charge in [0.05, 0.1) is 6.61 Å². The average Bonchev–Trinajstić information content (AvgIpc) is 3.15. The quantitative estimate of drug-likeness (QED) is 0.731. The summed E-state index contributed by atoms with van der Waals surface area (Å²) in [5.74, 6) is 0.516. The molecule has 0 unspecified atom stereocenters. The molecule has 27 heavy (non-hydrogen) atoms. The highest BCUT2D eigenvalue weighted by Gasteiger charge is 2.30. The summed E-state index contributed by atoms with van der Waals surface area (Å²) in [7, 11) is 0. The number of hydrogen-bond donors (Lipinski definition) is 0. The summed E-state index contributed by atoms with van der Waals surface area (Å²) >= 11 is 0. The van der Waals surface area contributed by atoms with Crippen molar-refractivity contribution in [3.05, 3.63) is 53.6 Å². The number of aryl methyl sites for hydroxylation is 3. The molecule has 6 heteroatoms. The van der Waals surface area contributed by atoms with Crippen LogP contribution in [0.25, 0.3) is 0 Å². The molecule has 1 aromatic heterocycles. The van der Waals surface area contributed by atoms with Crippen LogP contribution in [0.2, 0.25) is 0 Å². The number of carbonyl (C=O) groups is 2. The van der Waals surface area contributed by atoms with Crippen molar-refractivity contribution in [2.45, 2.75) is 39.7 Å². The lowest BCUT2D eigenvalue weighted by Crippen LogP contribution is -2.41. The van der Waals surface area contributed by atoms with Gasteiger partial charge in [-0.2, -0.15) is 0 Å². The Bertz CT molecular complexity index is 791. The summed E-state index contributed by atoms with van der Waals surface area (Å²) in [4.78, 5) is 30.7. The largest absolute Gasteiger partial charge is 0.450 e. The summed E-state index contributed by atoms with van der Waals surface area (Å²) in [5, 5.41) is 0. The van der Waals surface area contributed by atoms with Crippen LogP contribution in [-0.4, -0.2) is 46.0 Å². The Morgan fingerprint density at radius 1 is 1.22 bits per heavy atom. The third-order valence-electron chi connectivity index (χ3n) is 5.21. The standard InChI is InChI=1S/C21H27N3O3/c1-3-27-21(26)24-13-9-18(10-14-24)19(25)20-22-11-15-23(20)12-8-17-7-5-4-6-16(17)2/h4-7,11,15,18H,3,8-10,12-14H2,1-2H3. The van der Waals surface area contributed by atoms with E-state index in [2.05, 4.69) is 24.0 Å². The van der Waals surface area contributed by atoms with E-state index < -0.39 is 0 Å². The molecule has 0 radical (unpaired) electrons. The third-order valence-corrected chi connectivity index (χ3v) is 5.21. The van der Waals surface area contributed by atoms with Crippen LogP contribution in [0.4, 0.5) is 4.79 Å². The van der Waals surface area contributed by atoms with Crippen LogP contribution in [0.3, 0.4) is 0 Å². The molecule has 0 bridgehead atoms. The number of carbonyl (C=O) groups excluding carboxylic acids is 2. The van der Waals surface area contributed by atoms with E-state index in [1.54, 1.807) is 18.0 Å². The Hall–Kier alpha value is -2.63. The summed E-state index contributed by atoms with van der Waals surface area (Å²) in [5.41, 5.74) is 2.55. The van der Waals surface area contributed by atoms with Crippen molar-refractivity contribution >= 4 is 11.9 Å². The lowest BCUT2D eigenvalue weighted by Gasteiger charge is -2.30. The molecule has 1 aliphatic heterocycles. The van der Waals surface area contributed by atoms with Gasteiger partial charge in [0, 0.05) is 37.9 Å². The molecule has 2 heterocycles. The zero-order valence-corrected chi connectivity index (χ0v) is 16.1. The minimum absolute atomic E-state index is 0.0771. The summed E-state index contributed by atoms with van der Waals surface area (Å²) in [6, 6.07) is 8.30. The third kappa shape index (κ3) is 4.56. The number of benzene rings is 1.